The Bertz CT molecular complexity index is 966. The summed E-state index contributed by atoms with van der Waals surface area (Å²) in [4.78, 5) is 32.3. The Morgan fingerprint density at radius 3 is 2.69 bits per heavy atom. The minimum atomic E-state index is 0.194. The van der Waals surface area contributed by atoms with Crippen LogP contribution in [0.25, 0.3) is 0 Å². The van der Waals surface area contributed by atoms with Crippen molar-refractivity contribution in [3.63, 3.8) is 0 Å². The molecule has 0 unspecified atom stereocenters. The minimum absolute atomic E-state index is 0.194. The molecule has 0 radical (unpaired) electrons. The van der Waals surface area contributed by atoms with Gasteiger partial charge in [-0.15, -0.1) is 0 Å². The second kappa shape index (κ2) is 14.3. The topological polar surface area (TPSA) is 128 Å². The number of rotatable bonds is 15. The number of pyridine rings is 1. The molecule has 3 heterocycles. The summed E-state index contributed by atoms with van der Waals surface area (Å²) in [6.07, 6.45) is 6.56. The molecule has 2 aromatic heterocycles. The molecule has 2 aromatic rings. The number of hydrogen-bond acceptors (Lipinski definition) is 11. The molecule has 0 amide bonds. The summed E-state index contributed by atoms with van der Waals surface area (Å²) in [6, 6.07) is 3.99. The van der Waals surface area contributed by atoms with Gasteiger partial charge >= 0.3 is 6.01 Å². The van der Waals surface area contributed by atoms with Crippen LogP contribution < -0.4 is 20.1 Å². The molecular weight excluding hydrogens is 462 g/mol. The maximum Gasteiger partial charge on any atom is 0.320 e. The molecule has 3 rings (SSSR count). The summed E-state index contributed by atoms with van der Waals surface area (Å²) in [7, 11) is 1.61. The maximum absolute atomic E-state index is 10.9. The van der Waals surface area contributed by atoms with E-state index in [1.165, 1.54) is 0 Å². The zero-order valence-electron chi connectivity index (χ0n) is 21.3. The van der Waals surface area contributed by atoms with E-state index in [1.807, 2.05) is 17.0 Å². The van der Waals surface area contributed by atoms with Crippen molar-refractivity contribution >= 4 is 30.3 Å². The highest BCUT2D eigenvalue weighted by atomic mass is 16.5. The Kier molecular flexibility index (Phi) is 10.8. The number of carbonyl (C=O) groups is 1. The van der Waals surface area contributed by atoms with Crippen molar-refractivity contribution in [2.24, 2.45) is 10.9 Å². The van der Waals surface area contributed by atoms with Gasteiger partial charge in [-0.25, -0.2) is 4.98 Å². The number of methoxy groups -OCH3 is 1. The van der Waals surface area contributed by atoms with Crippen LogP contribution in [0.3, 0.4) is 0 Å². The monoisotopic (exact) mass is 499 g/mol. The lowest BCUT2D eigenvalue weighted by molar-refractivity contribution is -0.112. The second-order valence-corrected chi connectivity index (χ2v) is 8.71. The van der Waals surface area contributed by atoms with Crippen molar-refractivity contribution in [3.8, 4) is 11.9 Å². The molecule has 11 nitrogen and oxygen atoms in total. The lowest BCUT2D eigenvalue weighted by Crippen LogP contribution is -2.36. The van der Waals surface area contributed by atoms with Crippen molar-refractivity contribution < 1.29 is 19.0 Å². The number of aldehydes is 1. The molecule has 2 N–H and O–H groups in total. The van der Waals surface area contributed by atoms with Gasteiger partial charge in [0.25, 0.3) is 0 Å². The molecule has 0 aliphatic carbocycles. The van der Waals surface area contributed by atoms with Gasteiger partial charge in [0.15, 0.2) is 11.6 Å². The van der Waals surface area contributed by atoms with Gasteiger partial charge in [-0.2, -0.15) is 9.97 Å². The highest BCUT2D eigenvalue weighted by molar-refractivity contribution is 5.75. The molecule has 1 fully saturated rings. The van der Waals surface area contributed by atoms with E-state index in [0.717, 1.165) is 57.2 Å². The fourth-order valence-electron chi connectivity index (χ4n) is 3.92. The van der Waals surface area contributed by atoms with E-state index in [2.05, 4.69) is 38.5 Å². The average Bonchev–Trinajstić information content (AvgIpc) is 2.89. The predicted octanol–water partition coefficient (Wildman–Crippen LogP) is 2.87. The summed E-state index contributed by atoms with van der Waals surface area (Å²) in [6.45, 7) is 10.1. The lowest BCUT2D eigenvalue weighted by Gasteiger charge is -2.29. The Balaban J connectivity index is 1.61. The Morgan fingerprint density at radius 2 is 2.06 bits per heavy atom. The summed E-state index contributed by atoms with van der Waals surface area (Å²) < 4.78 is 16.9. The van der Waals surface area contributed by atoms with Gasteiger partial charge < -0.3 is 29.6 Å². The largest absolute Gasteiger partial charge is 0.476 e. The Hall–Kier alpha value is -3.31. The van der Waals surface area contributed by atoms with Crippen LogP contribution in [0, 0.1) is 5.92 Å². The fourth-order valence-corrected chi connectivity index (χ4v) is 3.92. The molecule has 0 spiro atoms. The number of piperidine rings is 1. The fraction of sp³-hybridized carbons (Fsp3) is 0.560. The van der Waals surface area contributed by atoms with Crippen LogP contribution in [-0.4, -0.2) is 79.5 Å². The number of nitrogen functional groups attached to an aromatic ring is 1. The van der Waals surface area contributed by atoms with Crippen LogP contribution in [0.4, 0.5) is 17.3 Å². The molecule has 0 bridgehead atoms. The Morgan fingerprint density at radius 1 is 1.25 bits per heavy atom. The second-order valence-electron chi connectivity index (χ2n) is 8.71. The van der Waals surface area contributed by atoms with E-state index >= 15 is 0 Å². The first-order valence-electron chi connectivity index (χ1n) is 12.3. The quantitative estimate of drug-likeness (QED) is 0.169. The smallest absolute Gasteiger partial charge is 0.320 e. The molecule has 196 valence electrons. The van der Waals surface area contributed by atoms with Crippen molar-refractivity contribution in [2.75, 3.05) is 57.3 Å². The zero-order chi connectivity index (χ0) is 25.8. The number of nitrogens with two attached hydrogens (primary N) is 1. The van der Waals surface area contributed by atoms with Crippen molar-refractivity contribution in [1.29, 1.82) is 0 Å². The number of hydrogen-bond donors (Lipinski definition) is 1. The first-order valence-corrected chi connectivity index (χ1v) is 12.3. The first kappa shape index (κ1) is 27.3. The summed E-state index contributed by atoms with van der Waals surface area (Å²) in [5, 5.41) is 0. The number of aliphatic imine (C=N–C) groups is 1. The lowest BCUT2D eigenvalue weighted by atomic mass is 9.99. The average molecular weight is 500 g/mol. The molecule has 1 saturated heterocycles. The molecule has 0 aromatic carbocycles. The number of anilines is 2. The van der Waals surface area contributed by atoms with Crippen LogP contribution in [0.15, 0.2) is 23.3 Å². The van der Waals surface area contributed by atoms with E-state index in [4.69, 9.17) is 19.9 Å². The van der Waals surface area contributed by atoms with Crippen LogP contribution in [0.1, 0.15) is 38.2 Å². The van der Waals surface area contributed by atoms with E-state index in [1.54, 1.807) is 13.3 Å². The number of nitrogens with zero attached hydrogens (tertiary/aromatic N) is 6. The van der Waals surface area contributed by atoms with Gasteiger partial charge in [-0.3, -0.25) is 9.89 Å². The molecule has 0 saturated carbocycles. The number of likely N-dealkylation sites (tertiary alicyclic amines) is 1. The zero-order valence-corrected chi connectivity index (χ0v) is 21.3. The standard InChI is InChI=1S/C25H37N7O4/c1-4-5-13-36-25-29-23(26)22(27-2)24(30-25)32(18-34-3)16-20-6-7-21(28-15-20)35-14-12-31-10-8-19(17-33)9-11-31/h6-7,15,17,19H,2,4-5,8-14,16,18H2,1,3H3,(H2,26,29,30). The third kappa shape index (κ3) is 7.85. The SMILES string of the molecule is C=Nc1c(N)nc(OCCCC)nc1N(COC)Cc1ccc(OCCN2CCC(C=O)CC2)nc1. The van der Waals surface area contributed by atoms with E-state index < -0.39 is 0 Å². The van der Waals surface area contributed by atoms with Gasteiger partial charge in [0.05, 0.1) is 6.61 Å². The minimum Gasteiger partial charge on any atom is -0.476 e. The van der Waals surface area contributed by atoms with Gasteiger partial charge in [0, 0.05) is 38.4 Å². The van der Waals surface area contributed by atoms with Gasteiger partial charge in [0.2, 0.25) is 5.88 Å². The number of carbonyl (C=O) groups excluding carboxylic acids is 1. The highest BCUT2D eigenvalue weighted by Crippen LogP contribution is 2.34. The molecule has 0 atom stereocenters. The van der Waals surface area contributed by atoms with E-state index in [9.17, 15) is 4.79 Å². The van der Waals surface area contributed by atoms with Crippen LogP contribution in [0.5, 0.6) is 11.9 Å². The summed E-state index contributed by atoms with van der Waals surface area (Å²) in [5.74, 6) is 1.43. The molecule has 1 aliphatic heterocycles. The number of unbranched alkanes of at least 4 members (excludes halogenated alkanes) is 1. The van der Waals surface area contributed by atoms with Crippen LogP contribution in [-0.2, 0) is 16.1 Å². The first-order chi connectivity index (χ1) is 17.6. The molecule has 36 heavy (non-hydrogen) atoms. The molecular formula is C25H37N7O4. The van der Waals surface area contributed by atoms with Gasteiger partial charge in [0.1, 0.15) is 25.3 Å². The maximum atomic E-state index is 10.9. The number of aromatic nitrogens is 3. The van der Waals surface area contributed by atoms with Gasteiger partial charge in [-0.1, -0.05) is 19.4 Å². The van der Waals surface area contributed by atoms with Gasteiger partial charge in [-0.05, 0) is 44.6 Å². The molecule has 11 heteroatoms. The highest BCUT2D eigenvalue weighted by Gasteiger charge is 2.20. The Labute approximate surface area is 212 Å². The summed E-state index contributed by atoms with van der Waals surface area (Å²) in [5.41, 5.74) is 7.42. The third-order valence-electron chi connectivity index (χ3n) is 6.00. The van der Waals surface area contributed by atoms with Crippen molar-refractivity contribution in [1.82, 2.24) is 19.9 Å². The number of ether oxygens (including phenoxy) is 3. The van der Waals surface area contributed by atoms with Crippen LogP contribution in [0.2, 0.25) is 0 Å². The van der Waals surface area contributed by atoms with Crippen molar-refractivity contribution in [3.05, 3.63) is 23.9 Å². The van der Waals surface area contributed by atoms with Crippen molar-refractivity contribution in [2.45, 2.75) is 39.2 Å². The predicted molar refractivity (Wildman–Crippen MR) is 139 cm³/mol. The van der Waals surface area contributed by atoms with Crippen LogP contribution >= 0.6 is 0 Å². The van der Waals surface area contributed by atoms with E-state index in [0.29, 0.717) is 37.1 Å². The summed E-state index contributed by atoms with van der Waals surface area (Å²) >= 11 is 0. The molecule has 1 aliphatic rings. The third-order valence-corrected chi connectivity index (χ3v) is 6.00. The normalized spacial score (nSPS) is 14.4. The van der Waals surface area contributed by atoms with E-state index in [-0.39, 0.29) is 24.5 Å².